The molecule has 0 unspecified atom stereocenters. The second-order valence-electron chi connectivity index (χ2n) is 9.87. The van der Waals surface area contributed by atoms with E-state index in [2.05, 4.69) is 50.1 Å². The first-order chi connectivity index (χ1) is 18.1. The molecule has 1 heterocycles. The molecule has 198 valence electrons. The molecule has 0 radical (unpaired) electrons. The molecule has 0 fully saturated rings. The summed E-state index contributed by atoms with van der Waals surface area (Å²) < 4.78 is 18.7. The maximum atomic E-state index is 12.0. The van der Waals surface area contributed by atoms with Crippen molar-refractivity contribution in [3.8, 4) is 23.3 Å². The molecule has 0 bridgehead atoms. The molecule has 0 atom stereocenters. The number of hydrogen-bond acceptors (Lipinski definition) is 5. The summed E-state index contributed by atoms with van der Waals surface area (Å²) in [7, 11) is 0. The number of nitriles is 1. The third-order valence-electron chi connectivity index (χ3n) is 7.15. The van der Waals surface area contributed by atoms with E-state index in [-0.39, 0.29) is 18.9 Å². The predicted octanol–water partition coefficient (Wildman–Crippen LogP) is 7.05. The number of rotatable bonds is 16. The summed E-state index contributed by atoms with van der Waals surface area (Å²) in [4.78, 5) is 12.0. The van der Waals surface area contributed by atoms with Crippen LogP contribution in [0, 0.1) is 11.3 Å². The van der Waals surface area contributed by atoms with Crippen molar-refractivity contribution in [1.29, 1.82) is 5.26 Å². The SMILES string of the molecule is CCC[CH2][Sn]([CH2]CCC)([CH2]CCC)[c]1ccccc1COc1ccc(-c2nn(CCC#N)c(=O)o2)cc1. The van der Waals surface area contributed by atoms with Gasteiger partial charge in [0.2, 0.25) is 0 Å². The van der Waals surface area contributed by atoms with Crippen LogP contribution in [0.5, 0.6) is 5.75 Å². The number of ether oxygens (including phenoxy) is 1. The van der Waals surface area contributed by atoms with Gasteiger partial charge in [0.25, 0.3) is 0 Å². The van der Waals surface area contributed by atoms with Gasteiger partial charge < -0.3 is 0 Å². The van der Waals surface area contributed by atoms with Crippen molar-refractivity contribution in [3.05, 3.63) is 64.6 Å². The Morgan fingerprint density at radius 2 is 1.57 bits per heavy atom. The average molecular weight is 610 g/mol. The van der Waals surface area contributed by atoms with Gasteiger partial charge in [0.1, 0.15) is 0 Å². The van der Waals surface area contributed by atoms with Gasteiger partial charge in [-0.05, 0) is 0 Å². The number of benzene rings is 2. The Hall–Kier alpha value is -2.53. The van der Waals surface area contributed by atoms with Gasteiger partial charge in [-0.25, -0.2) is 0 Å². The van der Waals surface area contributed by atoms with Crippen LogP contribution in [-0.2, 0) is 13.2 Å². The fourth-order valence-corrected chi connectivity index (χ4v) is 22.0. The standard InChI is InChI=1S/C18H14N3O3.3C4H9.Sn/c19-11-4-12-21-18(22)24-17(20-21)15-7-9-16(10-8-15)23-13-14-5-2-1-3-6-14;3*1-3-4-2;/h1-3,5,7-10H,4,12-13H2;3*1,3-4H2,2H3;. The molecule has 6 nitrogen and oxygen atoms in total. The Morgan fingerprint density at radius 3 is 2.16 bits per heavy atom. The van der Waals surface area contributed by atoms with Gasteiger partial charge in [0, 0.05) is 0 Å². The normalized spacial score (nSPS) is 11.4. The molecule has 0 amide bonds. The van der Waals surface area contributed by atoms with Gasteiger partial charge in [-0.1, -0.05) is 0 Å². The summed E-state index contributed by atoms with van der Waals surface area (Å²) >= 11 is -2.58. The number of aromatic nitrogens is 2. The minimum absolute atomic E-state index is 0.209. The second-order valence-corrected chi connectivity index (χ2v) is 23.0. The van der Waals surface area contributed by atoms with E-state index >= 15 is 0 Å². The van der Waals surface area contributed by atoms with E-state index in [9.17, 15) is 4.79 Å². The first-order valence-electron chi connectivity index (χ1n) is 13.8. The van der Waals surface area contributed by atoms with Gasteiger partial charge in [0.05, 0.1) is 12.5 Å². The topological polar surface area (TPSA) is 81.0 Å². The zero-order chi connectivity index (χ0) is 26.5. The summed E-state index contributed by atoms with van der Waals surface area (Å²) in [6, 6.07) is 18.6. The Kier molecular flexibility index (Phi) is 11.8. The zero-order valence-electron chi connectivity index (χ0n) is 22.7. The van der Waals surface area contributed by atoms with Gasteiger partial charge in [-0.2, -0.15) is 5.26 Å². The van der Waals surface area contributed by atoms with Crippen LogP contribution in [0.4, 0.5) is 0 Å². The fraction of sp³-hybridized carbons (Fsp3) is 0.500. The van der Waals surface area contributed by atoms with Gasteiger partial charge in [0.15, 0.2) is 0 Å². The first-order valence-corrected chi connectivity index (χ1v) is 21.3. The fourth-order valence-electron chi connectivity index (χ4n) is 5.06. The number of hydrogen-bond donors (Lipinski definition) is 0. The number of unbranched alkanes of at least 4 members (excludes halogenated alkanes) is 3. The molecule has 37 heavy (non-hydrogen) atoms. The molecule has 0 saturated carbocycles. The molecule has 0 aliphatic rings. The van der Waals surface area contributed by atoms with Crippen LogP contribution in [-0.4, -0.2) is 28.2 Å². The van der Waals surface area contributed by atoms with E-state index in [0.717, 1.165) is 5.75 Å². The van der Waals surface area contributed by atoms with Gasteiger partial charge in [-0.3, -0.25) is 0 Å². The summed E-state index contributed by atoms with van der Waals surface area (Å²) in [6.07, 6.45) is 8.00. The van der Waals surface area contributed by atoms with Crippen molar-refractivity contribution >= 4 is 22.0 Å². The van der Waals surface area contributed by atoms with Crippen molar-refractivity contribution in [2.75, 3.05) is 0 Å². The quantitative estimate of drug-likeness (QED) is 0.163. The van der Waals surface area contributed by atoms with E-state index in [1.54, 1.807) is 3.58 Å². The molecule has 3 rings (SSSR count). The van der Waals surface area contributed by atoms with Crippen molar-refractivity contribution in [2.45, 2.75) is 92.2 Å². The maximum absolute atomic E-state index is 12.0. The van der Waals surface area contributed by atoms with E-state index in [4.69, 9.17) is 14.4 Å². The average Bonchev–Trinajstić information content (AvgIpc) is 3.31. The van der Waals surface area contributed by atoms with Crippen LogP contribution < -0.4 is 14.1 Å². The molecule has 0 spiro atoms. The molecular formula is C30H41N3O3Sn. The molecule has 0 N–H and O–H groups in total. The number of aryl methyl sites for hydroxylation is 1. The molecule has 3 aromatic rings. The Labute approximate surface area is 225 Å². The third-order valence-corrected chi connectivity index (χ3v) is 23.0. The van der Waals surface area contributed by atoms with Crippen LogP contribution in [0.1, 0.15) is 71.3 Å². The molecule has 0 saturated heterocycles. The second kappa shape index (κ2) is 15.0. The first kappa shape index (κ1) is 29.0. The Bertz CT molecular complexity index is 1170. The van der Waals surface area contributed by atoms with Crippen molar-refractivity contribution in [2.24, 2.45) is 0 Å². The van der Waals surface area contributed by atoms with E-state index in [0.29, 0.717) is 12.2 Å². The van der Waals surface area contributed by atoms with Crippen LogP contribution >= 0.6 is 0 Å². The summed E-state index contributed by atoms with van der Waals surface area (Å²) in [5, 5.41) is 13.0. The monoisotopic (exact) mass is 611 g/mol. The summed E-state index contributed by atoms with van der Waals surface area (Å²) in [5.74, 6) is 0.480. The summed E-state index contributed by atoms with van der Waals surface area (Å²) in [6.45, 7) is 7.74. The molecule has 1 aromatic heterocycles. The number of nitrogens with zero attached hydrogens (tertiary/aromatic N) is 3. The van der Waals surface area contributed by atoms with Crippen molar-refractivity contribution in [1.82, 2.24) is 9.78 Å². The van der Waals surface area contributed by atoms with Crippen LogP contribution in [0.25, 0.3) is 11.5 Å². The van der Waals surface area contributed by atoms with Gasteiger partial charge in [-0.15, -0.1) is 0 Å². The van der Waals surface area contributed by atoms with E-state index in [1.165, 1.54) is 62.1 Å². The van der Waals surface area contributed by atoms with Crippen LogP contribution in [0.3, 0.4) is 0 Å². The molecule has 7 heteroatoms. The molecule has 0 aliphatic heterocycles. The molecule has 2 aromatic carbocycles. The summed E-state index contributed by atoms with van der Waals surface area (Å²) in [5.41, 5.74) is 2.06. The van der Waals surface area contributed by atoms with Crippen LogP contribution in [0.15, 0.2) is 57.7 Å². The Morgan fingerprint density at radius 1 is 0.946 bits per heavy atom. The minimum atomic E-state index is -2.58. The van der Waals surface area contributed by atoms with Crippen molar-refractivity contribution < 1.29 is 9.15 Å². The Balaban J connectivity index is 1.79. The van der Waals surface area contributed by atoms with Gasteiger partial charge >= 0.3 is 208 Å². The van der Waals surface area contributed by atoms with Crippen LogP contribution in [0.2, 0.25) is 13.3 Å². The van der Waals surface area contributed by atoms with E-state index in [1.807, 2.05) is 30.3 Å². The molecule has 0 aliphatic carbocycles. The third kappa shape index (κ3) is 7.97. The van der Waals surface area contributed by atoms with Crippen molar-refractivity contribution in [3.63, 3.8) is 0 Å². The predicted molar refractivity (Wildman–Crippen MR) is 152 cm³/mol. The van der Waals surface area contributed by atoms with E-state index < -0.39 is 24.1 Å². The molecular weight excluding hydrogens is 569 g/mol. The zero-order valence-corrected chi connectivity index (χ0v) is 25.5.